The van der Waals surface area contributed by atoms with Crippen molar-refractivity contribution in [3.8, 4) is 5.75 Å². The average Bonchev–Trinajstić information content (AvgIpc) is 3.54. The minimum atomic E-state index is -0.834. The molecule has 242 valence electrons. The van der Waals surface area contributed by atoms with Crippen molar-refractivity contribution in [1.29, 1.82) is 0 Å². The van der Waals surface area contributed by atoms with E-state index in [0.29, 0.717) is 55.9 Å². The molecule has 3 aromatic rings. The van der Waals surface area contributed by atoms with Gasteiger partial charge in [0.15, 0.2) is 0 Å². The van der Waals surface area contributed by atoms with E-state index in [-0.39, 0.29) is 68.7 Å². The molecule has 2 aliphatic rings. The van der Waals surface area contributed by atoms with Gasteiger partial charge in [-0.15, -0.1) is 24.8 Å². The van der Waals surface area contributed by atoms with Crippen LogP contribution in [0.5, 0.6) is 5.75 Å². The van der Waals surface area contributed by atoms with E-state index >= 15 is 0 Å². The van der Waals surface area contributed by atoms with Crippen molar-refractivity contribution >= 4 is 48.4 Å². The van der Waals surface area contributed by atoms with Gasteiger partial charge in [-0.25, -0.2) is 4.98 Å². The zero-order valence-corrected chi connectivity index (χ0v) is 26.4. The van der Waals surface area contributed by atoms with Crippen LogP contribution >= 0.6 is 24.8 Å². The Morgan fingerprint density at radius 2 is 1.80 bits per heavy atom. The first kappa shape index (κ1) is 35.4. The number of halogens is 2. The molecule has 1 unspecified atom stereocenters. The van der Waals surface area contributed by atoms with Crippen LogP contribution in [-0.2, 0) is 33.8 Å². The van der Waals surface area contributed by atoms with Crippen molar-refractivity contribution in [1.82, 2.24) is 36.1 Å². The van der Waals surface area contributed by atoms with Crippen molar-refractivity contribution in [3.05, 3.63) is 83.4 Å². The fourth-order valence-corrected chi connectivity index (χ4v) is 5.26. The summed E-state index contributed by atoms with van der Waals surface area (Å²) in [6.07, 6.45) is 5.09. The lowest BCUT2D eigenvalue weighted by molar-refractivity contribution is -0.138. The third-order valence-electron chi connectivity index (χ3n) is 7.57. The van der Waals surface area contributed by atoms with Crippen molar-refractivity contribution < 1.29 is 23.9 Å². The van der Waals surface area contributed by atoms with Gasteiger partial charge in [0, 0.05) is 43.5 Å². The van der Waals surface area contributed by atoms with Crippen molar-refractivity contribution in [2.24, 2.45) is 0 Å². The second-order valence-corrected chi connectivity index (χ2v) is 10.7. The van der Waals surface area contributed by atoms with Crippen LogP contribution in [0.25, 0.3) is 0 Å². The lowest BCUT2D eigenvalue weighted by Gasteiger charge is -2.31. The number of carbonyl (C=O) groups is 4. The Labute approximate surface area is 274 Å². The summed E-state index contributed by atoms with van der Waals surface area (Å²) in [6.45, 7) is 1.63. The Bertz CT molecular complexity index is 1440. The third kappa shape index (κ3) is 9.93. The highest BCUT2D eigenvalue weighted by molar-refractivity contribution is 5.98. The molecule has 3 heterocycles. The quantitative estimate of drug-likeness (QED) is 0.285. The number of aromatic nitrogens is 2. The van der Waals surface area contributed by atoms with Gasteiger partial charge in [-0.3, -0.25) is 19.2 Å². The molecular formula is C31H39Cl2N7O5. The maximum Gasteiger partial charge on any atom is 0.252 e. The van der Waals surface area contributed by atoms with Gasteiger partial charge in [-0.2, -0.15) is 0 Å². The number of nitrogens with zero attached hydrogens (tertiary/aromatic N) is 2. The molecule has 14 heteroatoms. The van der Waals surface area contributed by atoms with Gasteiger partial charge < -0.3 is 35.9 Å². The molecule has 2 aliphatic heterocycles. The Kier molecular flexibility index (Phi) is 13.7. The number of imidazole rings is 1. The van der Waals surface area contributed by atoms with Crippen molar-refractivity contribution in [2.75, 3.05) is 32.8 Å². The molecule has 0 saturated carbocycles. The van der Waals surface area contributed by atoms with Crippen LogP contribution in [0.15, 0.2) is 61.1 Å². The average molecular weight is 661 g/mol. The molecule has 0 radical (unpaired) electrons. The second-order valence-electron chi connectivity index (χ2n) is 10.7. The summed E-state index contributed by atoms with van der Waals surface area (Å²) in [5.74, 6) is -0.700. The van der Waals surface area contributed by atoms with Crippen LogP contribution in [0.2, 0.25) is 0 Å². The Morgan fingerprint density at radius 3 is 2.60 bits per heavy atom. The van der Waals surface area contributed by atoms with Crippen LogP contribution in [0.1, 0.15) is 40.0 Å². The number of hydrogen-bond donors (Lipinski definition) is 5. The molecule has 4 amide bonds. The topological polar surface area (TPSA) is 158 Å². The molecule has 0 saturated heterocycles. The zero-order chi connectivity index (χ0) is 30.0. The van der Waals surface area contributed by atoms with Crippen LogP contribution in [0.4, 0.5) is 0 Å². The molecule has 0 fully saturated rings. The Hall–Kier alpha value is -4.13. The minimum absolute atomic E-state index is 0. The number of benzene rings is 2. The van der Waals surface area contributed by atoms with Gasteiger partial charge in [-0.1, -0.05) is 30.3 Å². The van der Waals surface area contributed by atoms with Gasteiger partial charge in [0.2, 0.25) is 17.7 Å². The van der Waals surface area contributed by atoms with E-state index in [9.17, 15) is 19.2 Å². The lowest BCUT2D eigenvalue weighted by atomic mass is 9.95. The predicted molar refractivity (Wildman–Crippen MR) is 173 cm³/mol. The highest BCUT2D eigenvalue weighted by Gasteiger charge is 2.29. The molecule has 0 aliphatic carbocycles. The smallest absolute Gasteiger partial charge is 0.252 e. The third-order valence-corrected chi connectivity index (χ3v) is 7.57. The van der Waals surface area contributed by atoms with Crippen LogP contribution in [0.3, 0.4) is 0 Å². The van der Waals surface area contributed by atoms with E-state index in [4.69, 9.17) is 4.74 Å². The van der Waals surface area contributed by atoms with Crippen LogP contribution < -0.4 is 26.0 Å². The number of amides is 4. The van der Waals surface area contributed by atoms with E-state index in [1.165, 1.54) is 11.9 Å². The number of rotatable bonds is 3. The molecule has 1 aromatic heterocycles. The summed E-state index contributed by atoms with van der Waals surface area (Å²) in [7, 11) is 0. The largest absolute Gasteiger partial charge is 0.492 e. The zero-order valence-electron chi connectivity index (χ0n) is 24.8. The standard InChI is InChI=1S/C31H37N7O5.2ClH/c39-28-19-38(31(42)27-15-21-6-1-2-7-23(21)17-35-27)12-4-3-10-34-30(41)26(16-24-18-32-20-36-24)37-29(40)22-8-5-9-25(14-22)43-13-11-33-28;;/h1-2,5-9,14,18,20,26-27,35H,3-4,10-13,15-17,19H2,(H,32,36)(H,33,39)(H,34,41)(H,37,40);2*1H/t26?,27-;;/m1../s1. The minimum Gasteiger partial charge on any atom is -0.492 e. The molecule has 5 N–H and O–H groups in total. The molecule has 12 nitrogen and oxygen atoms in total. The molecule has 2 atom stereocenters. The van der Waals surface area contributed by atoms with Gasteiger partial charge >= 0.3 is 0 Å². The van der Waals surface area contributed by atoms with Gasteiger partial charge in [0.1, 0.15) is 18.4 Å². The Morgan fingerprint density at radius 1 is 0.978 bits per heavy atom. The highest BCUT2D eigenvalue weighted by Crippen LogP contribution is 2.18. The Balaban J connectivity index is 0.00000276. The number of ether oxygens (including phenoxy) is 1. The number of hydrogen-bond acceptors (Lipinski definition) is 7. The lowest BCUT2D eigenvalue weighted by Crippen LogP contribution is -2.52. The van der Waals surface area contributed by atoms with Crippen molar-refractivity contribution in [3.63, 3.8) is 0 Å². The molecule has 2 aromatic carbocycles. The number of H-pyrrole nitrogens is 1. The predicted octanol–water partition coefficient (Wildman–Crippen LogP) is 1.54. The number of fused-ring (bicyclic) bond motifs is 3. The fraction of sp³-hybridized carbons (Fsp3) is 0.387. The second kappa shape index (κ2) is 17.4. The van der Waals surface area contributed by atoms with E-state index in [1.54, 1.807) is 35.4 Å². The number of nitrogens with one attached hydrogen (secondary N) is 5. The van der Waals surface area contributed by atoms with Crippen LogP contribution in [-0.4, -0.2) is 83.4 Å². The molecule has 2 bridgehead atoms. The van der Waals surface area contributed by atoms with Crippen molar-refractivity contribution in [2.45, 2.75) is 44.3 Å². The summed E-state index contributed by atoms with van der Waals surface area (Å²) in [6, 6.07) is 13.4. The van der Waals surface area contributed by atoms with Gasteiger partial charge in [0.05, 0.1) is 25.5 Å². The van der Waals surface area contributed by atoms with Gasteiger partial charge in [0.25, 0.3) is 5.91 Å². The first-order chi connectivity index (χ1) is 21.0. The summed E-state index contributed by atoms with van der Waals surface area (Å²) >= 11 is 0. The molecule has 45 heavy (non-hydrogen) atoms. The monoisotopic (exact) mass is 659 g/mol. The van der Waals surface area contributed by atoms with Gasteiger partial charge in [-0.05, 0) is 48.6 Å². The highest BCUT2D eigenvalue weighted by atomic mass is 35.5. The summed E-state index contributed by atoms with van der Waals surface area (Å²) in [5.41, 5.74) is 3.35. The first-order valence-electron chi connectivity index (χ1n) is 14.6. The maximum absolute atomic E-state index is 13.6. The summed E-state index contributed by atoms with van der Waals surface area (Å²) in [4.78, 5) is 61.2. The van der Waals surface area contributed by atoms with E-state index in [2.05, 4.69) is 31.2 Å². The number of carbonyl (C=O) groups excluding carboxylic acids is 4. The van der Waals surface area contributed by atoms with E-state index in [1.807, 2.05) is 24.3 Å². The normalized spacial score (nSPS) is 19.7. The molecule has 0 spiro atoms. The fourth-order valence-electron chi connectivity index (χ4n) is 5.26. The summed E-state index contributed by atoms with van der Waals surface area (Å²) in [5, 5.41) is 11.9. The summed E-state index contributed by atoms with van der Waals surface area (Å²) < 4.78 is 5.77. The first-order valence-corrected chi connectivity index (χ1v) is 14.6. The molecular weight excluding hydrogens is 621 g/mol. The number of aromatic amines is 1. The van der Waals surface area contributed by atoms with E-state index < -0.39 is 18.0 Å². The molecule has 5 rings (SSSR count). The maximum atomic E-state index is 13.6. The van der Waals surface area contributed by atoms with E-state index in [0.717, 1.165) is 5.56 Å². The SMILES string of the molecule is Cl.Cl.O=C1CN(C(=O)[C@H]2Cc3ccccc3CN2)CCCCNC(=O)C(Cc2cnc[nH]2)NC(=O)c2cccc(c2)OCCN1. The van der Waals surface area contributed by atoms with Crippen LogP contribution in [0, 0.1) is 0 Å².